The molecule has 1 rings (SSSR count). The summed E-state index contributed by atoms with van der Waals surface area (Å²) in [5, 5.41) is 0. The first-order valence-electron chi connectivity index (χ1n) is 12.1. The molecule has 0 amide bonds. The molecule has 0 aromatic rings. The van der Waals surface area contributed by atoms with Gasteiger partial charge in [0.2, 0.25) is 0 Å². The van der Waals surface area contributed by atoms with E-state index in [-0.39, 0.29) is 17.9 Å². The lowest BCUT2D eigenvalue weighted by atomic mass is 9.98. The molecular formula is C25H44O3. The summed E-state index contributed by atoms with van der Waals surface area (Å²) in [6, 6.07) is 0. The predicted octanol–water partition coefficient (Wildman–Crippen LogP) is 7.67. The van der Waals surface area contributed by atoms with Crippen LogP contribution in [0.4, 0.5) is 0 Å². The fourth-order valence-electron chi connectivity index (χ4n) is 4.07. The van der Waals surface area contributed by atoms with Crippen LogP contribution in [0.3, 0.4) is 0 Å². The number of carbonyl (C=O) groups excluding carboxylic acids is 2. The van der Waals surface area contributed by atoms with Gasteiger partial charge in [-0.25, -0.2) is 0 Å². The Kier molecular flexibility index (Phi) is 16.0. The van der Waals surface area contributed by atoms with E-state index < -0.39 is 0 Å². The van der Waals surface area contributed by atoms with Gasteiger partial charge in [-0.2, -0.15) is 0 Å². The van der Waals surface area contributed by atoms with E-state index in [0.717, 1.165) is 12.8 Å². The monoisotopic (exact) mass is 392 g/mol. The van der Waals surface area contributed by atoms with Crippen LogP contribution in [0.5, 0.6) is 0 Å². The Balaban J connectivity index is 1.69. The average Bonchev–Trinajstić information content (AvgIpc) is 3.00. The lowest BCUT2D eigenvalue weighted by molar-refractivity contribution is -0.153. The quantitative estimate of drug-likeness (QED) is 0.0923. The molecule has 1 fully saturated rings. The summed E-state index contributed by atoms with van der Waals surface area (Å²) < 4.78 is 4.58. The van der Waals surface area contributed by atoms with Gasteiger partial charge in [0.1, 0.15) is 0 Å². The summed E-state index contributed by atoms with van der Waals surface area (Å²) in [5.74, 6) is -0.802. The van der Waals surface area contributed by atoms with E-state index in [2.05, 4.69) is 11.3 Å². The second kappa shape index (κ2) is 17.9. The molecule has 3 nitrogen and oxygen atoms in total. The molecule has 0 aromatic heterocycles. The molecule has 0 bridgehead atoms. The molecule has 162 valence electrons. The molecule has 1 heterocycles. The van der Waals surface area contributed by atoms with Crippen LogP contribution in [0.25, 0.3) is 0 Å². The number of esters is 2. The minimum Gasteiger partial charge on any atom is -0.393 e. The molecule has 0 spiro atoms. The summed E-state index contributed by atoms with van der Waals surface area (Å²) in [7, 11) is 0. The van der Waals surface area contributed by atoms with Gasteiger partial charge >= 0.3 is 11.9 Å². The average molecular weight is 393 g/mol. The maximum Gasteiger partial charge on any atom is 0.317 e. The number of ether oxygens (including phenoxy) is 1. The van der Waals surface area contributed by atoms with Gasteiger partial charge in [-0.15, -0.1) is 6.58 Å². The van der Waals surface area contributed by atoms with Crippen molar-refractivity contribution in [3.8, 4) is 0 Å². The van der Waals surface area contributed by atoms with E-state index in [1.807, 2.05) is 6.08 Å². The largest absolute Gasteiger partial charge is 0.393 e. The molecule has 0 radical (unpaired) electrons. The van der Waals surface area contributed by atoms with Crippen LogP contribution in [-0.4, -0.2) is 11.9 Å². The number of unbranched alkanes of at least 4 members (excludes halogenated alkanes) is 17. The van der Waals surface area contributed by atoms with Crippen molar-refractivity contribution in [1.82, 2.24) is 0 Å². The van der Waals surface area contributed by atoms with Crippen molar-refractivity contribution in [3.05, 3.63) is 12.7 Å². The van der Waals surface area contributed by atoms with Crippen LogP contribution in [0.2, 0.25) is 0 Å². The molecule has 28 heavy (non-hydrogen) atoms. The third-order valence-corrected chi connectivity index (χ3v) is 5.92. The number of allylic oxidation sites excluding steroid dienone is 1. The van der Waals surface area contributed by atoms with Crippen molar-refractivity contribution in [1.29, 1.82) is 0 Å². The smallest absolute Gasteiger partial charge is 0.317 e. The first kappa shape index (κ1) is 24.9. The predicted molar refractivity (Wildman–Crippen MR) is 117 cm³/mol. The van der Waals surface area contributed by atoms with Crippen molar-refractivity contribution in [3.63, 3.8) is 0 Å². The van der Waals surface area contributed by atoms with E-state index in [4.69, 9.17) is 0 Å². The maximum absolute atomic E-state index is 11.4. The molecule has 1 aliphatic heterocycles. The Hall–Kier alpha value is -1.12. The van der Waals surface area contributed by atoms with E-state index >= 15 is 0 Å². The van der Waals surface area contributed by atoms with Crippen LogP contribution in [-0.2, 0) is 14.3 Å². The van der Waals surface area contributed by atoms with E-state index in [1.54, 1.807) is 0 Å². The highest BCUT2D eigenvalue weighted by molar-refractivity contribution is 5.94. The highest BCUT2D eigenvalue weighted by atomic mass is 16.6. The molecule has 1 unspecified atom stereocenters. The Morgan fingerprint density at radius 2 is 1.07 bits per heavy atom. The van der Waals surface area contributed by atoms with Crippen molar-refractivity contribution < 1.29 is 14.3 Å². The summed E-state index contributed by atoms with van der Waals surface area (Å²) >= 11 is 0. The van der Waals surface area contributed by atoms with Gasteiger partial charge in [0.25, 0.3) is 0 Å². The molecular weight excluding hydrogens is 348 g/mol. The zero-order valence-corrected chi connectivity index (χ0v) is 18.2. The zero-order chi connectivity index (χ0) is 20.3. The normalized spacial score (nSPS) is 16.5. The molecule has 1 saturated heterocycles. The number of hydrogen-bond acceptors (Lipinski definition) is 3. The van der Waals surface area contributed by atoms with Crippen molar-refractivity contribution in [2.45, 2.75) is 128 Å². The minimum atomic E-state index is -0.343. The zero-order valence-electron chi connectivity index (χ0n) is 18.2. The maximum atomic E-state index is 11.4. The fourth-order valence-corrected chi connectivity index (χ4v) is 4.07. The lowest BCUT2D eigenvalue weighted by Crippen LogP contribution is -2.06. The number of rotatable bonds is 20. The van der Waals surface area contributed by atoms with Gasteiger partial charge in [-0.1, -0.05) is 109 Å². The minimum absolute atomic E-state index is 0.158. The van der Waals surface area contributed by atoms with Crippen LogP contribution < -0.4 is 0 Å². The topological polar surface area (TPSA) is 43.4 Å². The Morgan fingerprint density at radius 1 is 0.679 bits per heavy atom. The van der Waals surface area contributed by atoms with Gasteiger partial charge in [0.05, 0.1) is 12.3 Å². The van der Waals surface area contributed by atoms with Crippen LogP contribution in [0, 0.1) is 5.92 Å². The second-order valence-corrected chi connectivity index (χ2v) is 8.57. The number of carbonyl (C=O) groups is 2. The second-order valence-electron chi connectivity index (χ2n) is 8.57. The Labute approximate surface area is 173 Å². The summed E-state index contributed by atoms with van der Waals surface area (Å²) in [4.78, 5) is 22.4. The SMILES string of the molecule is C=CCCCCCCCCCCCCCCCCCCCC1CC(=O)OC1=O. The molecule has 0 N–H and O–H groups in total. The molecule has 0 saturated carbocycles. The van der Waals surface area contributed by atoms with Gasteiger partial charge in [0.15, 0.2) is 0 Å². The van der Waals surface area contributed by atoms with Crippen LogP contribution >= 0.6 is 0 Å². The van der Waals surface area contributed by atoms with E-state index in [9.17, 15) is 9.59 Å². The van der Waals surface area contributed by atoms with Crippen LogP contribution in [0.15, 0.2) is 12.7 Å². The first-order chi connectivity index (χ1) is 13.7. The van der Waals surface area contributed by atoms with Crippen LogP contribution in [0.1, 0.15) is 128 Å². The fraction of sp³-hybridized carbons (Fsp3) is 0.840. The summed E-state index contributed by atoms with van der Waals surface area (Å²) in [6.45, 7) is 3.77. The molecule has 0 aromatic carbocycles. The molecule has 3 heteroatoms. The van der Waals surface area contributed by atoms with Crippen molar-refractivity contribution >= 4 is 11.9 Å². The van der Waals surface area contributed by atoms with Gasteiger partial charge in [-0.3, -0.25) is 9.59 Å². The Morgan fingerprint density at radius 3 is 1.43 bits per heavy atom. The molecule has 0 aliphatic carbocycles. The standard InChI is InChI=1S/C25H44O3/c1-2-3-4-5-6-7-8-9-10-11-12-13-14-15-16-17-18-19-20-21-23-22-24(26)28-25(23)27/h2,23H,1,3-22H2. The van der Waals surface area contributed by atoms with Gasteiger partial charge < -0.3 is 4.74 Å². The van der Waals surface area contributed by atoms with Crippen molar-refractivity contribution in [2.75, 3.05) is 0 Å². The lowest BCUT2D eigenvalue weighted by Gasteiger charge is -2.05. The first-order valence-corrected chi connectivity index (χ1v) is 12.1. The number of cyclic esters (lactones) is 2. The third kappa shape index (κ3) is 14.0. The van der Waals surface area contributed by atoms with Gasteiger partial charge in [0, 0.05) is 0 Å². The molecule has 1 aliphatic rings. The highest BCUT2D eigenvalue weighted by Crippen LogP contribution is 2.22. The highest BCUT2D eigenvalue weighted by Gasteiger charge is 2.32. The third-order valence-electron chi connectivity index (χ3n) is 5.92. The van der Waals surface area contributed by atoms with E-state index in [0.29, 0.717) is 6.42 Å². The molecule has 1 atom stereocenters. The Bertz CT molecular complexity index is 416. The summed E-state index contributed by atoms with van der Waals surface area (Å²) in [5.41, 5.74) is 0. The van der Waals surface area contributed by atoms with E-state index in [1.165, 1.54) is 109 Å². The number of hydrogen-bond donors (Lipinski definition) is 0. The summed E-state index contributed by atoms with van der Waals surface area (Å²) in [6.07, 6.45) is 27.2. The van der Waals surface area contributed by atoms with Crippen molar-refractivity contribution in [2.24, 2.45) is 5.92 Å². The van der Waals surface area contributed by atoms with Gasteiger partial charge in [-0.05, 0) is 19.3 Å².